The minimum atomic E-state index is -0.603. The number of thiazole rings is 1. The number of ether oxygens (including phenoxy) is 1. The van der Waals surface area contributed by atoms with Crippen LogP contribution in [0.2, 0.25) is 0 Å². The van der Waals surface area contributed by atoms with Gasteiger partial charge in [0.1, 0.15) is 6.04 Å². The van der Waals surface area contributed by atoms with Crippen LogP contribution >= 0.6 is 22.7 Å². The fraction of sp³-hybridized carbons (Fsp3) is 0.115. The van der Waals surface area contributed by atoms with Crippen LogP contribution in [0.15, 0.2) is 93.5 Å². The summed E-state index contributed by atoms with van der Waals surface area (Å²) in [4.78, 5) is 33.1. The maximum absolute atomic E-state index is 13.6. The molecule has 2 aromatic carbocycles. The molecule has 1 aliphatic heterocycles. The first-order valence-electron chi connectivity index (χ1n) is 10.5. The second kappa shape index (κ2) is 9.13. The number of hydrogen-bond acceptors (Lipinski definition) is 6. The Morgan fingerprint density at radius 3 is 2.45 bits per heavy atom. The van der Waals surface area contributed by atoms with Crippen molar-refractivity contribution >= 4 is 40.4 Å². The predicted molar refractivity (Wildman–Crippen MR) is 132 cm³/mol. The van der Waals surface area contributed by atoms with Crippen molar-refractivity contribution in [3.63, 3.8) is 0 Å². The minimum Gasteiger partial charge on any atom is -0.463 e. The van der Waals surface area contributed by atoms with Crippen molar-refractivity contribution in [1.29, 1.82) is 0 Å². The normalized spacial score (nSPS) is 15.8. The lowest BCUT2D eigenvalue weighted by Crippen LogP contribution is -2.39. The molecule has 0 amide bonds. The van der Waals surface area contributed by atoms with E-state index in [1.54, 1.807) is 11.5 Å². The lowest BCUT2D eigenvalue weighted by Gasteiger charge is -2.24. The molecule has 1 aliphatic rings. The molecule has 0 radical (unpaired) electrons. The van der Waals surface area contributed by atoms with Gasteiger partial charge < -0.3 is 4.74 Å². The zero-order chi connectivity index (χ0) is 22.8. The topological polar surface area (TPSA) is 60.7 Å². The number of carbonyl (C=O) groups is 1. The molecule has 0 spiro atoms. The van der Waals surface area contributed by atoms with E-state index in [1.807, 2.05) is 84.3 Å². The van der Waals surface area contributed by atoms with Crippen molar-refractivity contribution in [2.45, 2.75) is 13.0 Å². The van der Waals surface area contributed by atoms with Gasteiger partial charge in [0.15, 0.2) is 4.80 Å². The number of carbonyl (C=O) groups excluding carboxylic acids is 1. The van der Waals surface area contributed by atoms with Crippen LogP contribution in [0, 0.1) is 0 Å². The quantitative estimate of drug-likeness (QED) is 0.413. The number of esters is 1. The summed E-state index contributed by atoms with van der Waals surface area (Å²) in [5, 5.41) is 1.94. The van der Waals surface area contributed by atoms with Crippen molar-refractivity contribution in [2.24, 2.45) is 4.99 Å². The molecule has 7 heteroatoms. The van der Waals surface area contributed by atoms with Gasteiger partial charge in [0.05, 0.1) is 22.4 Å². The van der Waals surface area contributed by atoms with Gasteiger partial charge in [0.25, 0.3) is 5.56 Å². The van der Waals surface area contributed by atoms with Gasteiger partial charge in [-0.05, 0) is 30.0 Å². The second-order valence-electron chi connectivity index (χ2n) is 7.36. The molecule has 0 bridgehead atoms. The van der Waals surface area contributed by atoms with Crippen LogP contribution in [0.25, 0.3) is 11.8 Å². The number of aromatic nitrogens is 1. The van der Waals surface area contributed by atoms with Crippen molar-refractivity contribution < 1.29 is 9.53 Å². The van der Waals surface area contributed by atoms with Gasteiger partial charge in [-0.3, -0.25) is 9.36 Å². The summed E-state index contributed by atoms with van der Waals surface area (Å²) in [5.41, 5.74) is 2.49. The molecule has 0 fully saturated rings. The number of fused-ring (bicyclic) bond motifs is 1. The first-order chi connectivity index (χ1) is 16.2. The molecule has 164 valence electrons. The minimum absolute atomic E-state index is 0.171. The lowest BCUT2D eigenvalue weighted by molar-refractivity contribution is -0.138. The molecule has 0 saturated carbocycles. The van der Waals surface area contributed by atoms with Crippen LogP contribution in [-0.4, -0.2) is 17.1 Å². The highest BCUT2D eigenvalue weighted by Crippen LogP contribution is 2.36. The van der Waals surface area contributed by atoms with Gasteiger partial charge in [-0.25, -0.2) is 9.79 Å². The van der Waals surface area contributed by atoms with E-state index in [2.05, 4.69) is 0 Å². The number of nitrogens with zero attached hydrogens (tertiary/aromatic N) is 2. The van der Waals surface area contributed by atoms with E-state index < -0.39 is 12.0 Å². The Morgan fingerprint density at radius 1 is 1.06 bits per heavy atom. The molecule has 5 rings (SSSR count). The maximum atomic E-state index is 13.6. The zero-order valence-corrected chi connectivity index (χ0v) is 19.4. The van der Waals surface area contributed by atoms with Crippen LogP contribution in [-0.2, 0) is 9.53 Å². The van der Waals surface area contributed by atoms with Gasteiger partial charge in [-0.2, -0.15) is 0 Å². The molecule has 33 heavy (non-hydrogen) atoms. The van der Waals surface area contributed by atoms with Gasteiger partial charge in [-0.1, -0.05) is 78.1 Å². The third kappa shape index (κ3) is 4.01. The van der Waals surface area contributed by atoms with E-state index in [4.69, 9.17) is 9.73 Å². The van der Waals surface area contributed by atoms with Crippen molar-refractivity contribution in [3.8, 4) is 0 Å². The number of hydrogen-bond donors (Lipinski definition) is 0. The average Bonchev–Trinajstić information content (AvgIpc) is 3.48. The third-order valence-electron chi connectivity index (χ3n) is 5.28. The maximum Gasteiger partial charge on any atom is 0.338 e. The second-order valence-corrected chi connectivity index (χ2v) is 9.35. The molecule has 1 atom stereocenters. The Hall–Kier alpha value is -3.55. The van der Waals surface area contributed by atoms with Crippen LogP contribution in [0.5, 0.6) is 0 Å². The van der Waals surface area contributed by atoms with E-state index in [9.17, 15) is 9.59 Å². The zero-order valence-electron chi connectivity index (χ0n) is 17.8. The van der Waals surface area contributed by atoms with Gasteiger partial charge in [0, 0.05) is 10.4 Å². The fourth-order valence-electron chi connectivity index (χ4n) is 3.86. The standard InChI is InChI=1S/C26H20N2O3S2/c1-2-31-25(30)21-22(18-12-7-4-8-13-18)27-26-28(23(21)19-14-9-15-32-19)24(29)20(33-26)16-17-10-5-3-6-11-17/h3-16,23H,2H2,1H3/b20-16-. The van der Waals surface area contributed by atoms with Gasteiger partial charge in [0.2, 0.25) is 0 Å². The summed E-state index contributed by atoms with van der Waals surface area (Å²) in [6.07, 6.45) is 1.87. The Kier molecular flexibility index (Phi) is 5.90. The van der Waals surface area contributed by atoms with E-state index >= 15 is 0 Å². The fourth-order valence-corrected chi connectivity index (χ4v) is 5.68. The molecule has 5 nitrogen and oxygen atoms in total. The highest BCUT2D eigenvalue weighted by atomic mass is 32.1. The summed E-state index contributed by atoms with van der Waals surface area (Å²) in [5.74, 6) is -0.462. The summed E-state index contributed by atoms with van der Waals surface area (Å²) in [7, 11) is 0. The lowest BCUT2D eigenvalue weighted by atomic mass is 9.97. The molecular weight excluding hydrogens is 452 g/mol. The molecular formula is C26H20N2O3S2. The number of rotatable bonds is 5. The monoisotopic (exact) mass is 472 g/mol. The smallest absolute Gasteiger partial charge is 0.338 e. The van der Waals surface area contributed by atoms with Gasteiger partial charge >= 0.3 is 5.97 Å². The molecule has 1 unspecified atom stereocenters. The molecule has 4 aromatic rings. The van der Waals surface area contributed by atoms with E-state index in [0.717, 1.165) is 16.0 Å². The first kappa shape index (κ1) is 21.3. The summed E-state index contributed by atoms with van der Waals surface area (Å²) in [6.45, 7) is 2.01. The number of benzene rings is 2. The van der Waals surface area contributed by atoms with Crippen molar-refractivity contribution in [3.05, 3.63) is 119 Å². The molecule has 0 N–H and O–H groups in total. The molecule has 2 aromatic heterocycles. The van der Waals surface area contributed by atoms with Crippen LogP contribution in [0.1, 0.15) is 29.0 Å². The Labute approximate surface area is 198 Å². The van der Waals surface area contributed by atoms with Crippen molar-refractivity contribution in [2.75, 3.05) is 6.61 Å². The summed E-state index contributed by atoms with van der Waals surface area (Å²) in [6, 6.07) is 22.5. The molecule has 0 saturated heterocycles. The van der Waals surface area contributed by atoms with E-state index in [-0.39, 0.29) is 12.2 Å². The Morgan fingerprint density at radius 2 is 1.79 bits per heavy atom. The van der Waals surface area contributed by atoms with Gasteiger partial charge in [-0.15, -0.1) is 11.3 Å². The van der Waals surface area contributed by atoms with Crippen LogP contribution in [0.4, 0.5) is 0 Å². The highest BCUT2D eigenvalue weighted by Gasteiger charge is 2.35. The van der Waals surface area contributed by atoms with E-state index in [1.165, 1.54) is 22.7 Å². The summed E-state index contributed by atoms with van der Waals surface area (Å²) < 4.78 is 7.64. The Balaban J connectivity index is 1.82. The molecule has 3 heterocycles. The highest BCUT2D eigenvalue weighted by molar-refractivity contribution is 7.10. The molecule has 0 aliphatic carbocycles. The third-order valence-corrected chi connectivity index (χ3v) is 7.19. The first-order valence-corrected chi connectivity index (χ1v) is 12.2. The average molecular weight is 473 g/mol. The van der Waals surface area contributed by atoms with Crippen LogP contribution in [0.3, 0.4) is 0 Å². The van der Waals surface area contributed by atoms with Crippen molar-refractivity contribution in [1.82, 2.24) is 4.57 Å². The SMILES string of the molecule is CCOC(=O)C1=C(c2ccccc2)N=c2s/c(=C\c3ccccc3)c(=O)n2C1c1cccs1. The predicted octanol–water partition coefficient (Wildman–Crippen LogP) is 4.00. The van der Waals surface area contributed by atoms with Crippen LogP contribution < -0.4 is 14.9 Å². The largest absolute Gasteiger partial charge is 0.463 e. The summed E-state index contributed by atoms with van der Waals surface area (Å²) >= 11 is 2.83. The number of thiophene rings is 1. The Bertz CT molecular complexity index is 1500. The van der Waals surface area contributed by atoms with E-state index in [0.29, 0.717) is 20.6 Å².